The van der Waals surface area contributed by atoms with Crippen molar-refractivity contribution in [1.82, 2.24) is 15.1 Å². The molecule has 6 N–H and O–H groups in total. The second-order valence-corrected chi connectivity index (χ2v) is 7.18. The molecule has 2 fully saturated rings. The Kier molecular flexibility index (Phi) is 7.40. The van der Waals surface area contributed by atoms with Crippen LogP contribution >= 0.6 is 0 Å². The number of rotatable bonds is 8. The fraction of sp³-hybridized carbons (Fsp3) is 0.765. The number of amides is 2. The van der Waals surface area contributed by atoms with Crippen LogP contribution in [0.25, 0.3) is 0 Å². The molecule has 2 aliphatic rings. The molecule has 0 radical (unpaired) electrons. The fourth-order valence-electron chi connectivity index (χ4n) is 3.75. The molecule has 2 heterocycles. The molecule has 0 aromatic carbocycles. The van der Waals surface area contributed by atoms with Gasteiger partial charge in [-0.05, 0) is 52.1 Å². The Morgan fingerprint density at radius 1 is 1.19 bits per heavy atom. The van der Waals surface area contributed by atoms with E-state index in [1.807, 2.05) is 11.9 Å². The molecule has 2 saturated heterocycles. The van der Waals surface area contributed by atoms with Crippen molar-refractivity contribution in [2.24, 2.45) is 16.5 Å². The first-order chi connectivity index (χ1) is 12.8. The molecule has 10 heteroatoms. The minimum atomic E-state index is -1.11. The minimum absolute atomic E-state index is 0.0349. The zero-order valence-electron chi connectivity index (χ0n) is 15.8. The van der Waals surface area contributed by atoms with E-state index in [-0.39, 0.29) is 24.3 Å². The summed E-state index contributed by atoms with van der Waals surface area (Å²) in [5.74, 6) is -1.61. The fourth-order valence-corrected chi connectivity index (χ4v) is 3.75. The van der Waals surface area contributed by atoms with Gasteiger partial charge in [-0.2, -0.15) is 0 Å². The Labute approximate surface area is 158 Å². The number of nitrogens with one attached hydrogen (secondary N) is 1. The van der Waals surface area contributed by atoms with Crippen LogP contribution in [0, 0.1) is 0 Å². The van der Waals surface area contributed by atoms with Crippen molar-refractivity contribution in [3.05, 3.63) is 0 Å². The molecule has 0 aromatic heterocycles. The number of likely N-dealkylation sites (N-methyl/N-ethyl adjacent to an activating group) is 1. The number of carbonyl (C=O) groups excluding carboxylic acids is 2. The van der Waals surface area contributed by atoms with Gasteiger partial charge in [-0.25, -0.2) is 4.79 Å². The van der Waals surface area contributed by atoms with Crippen molar-refractivity contribution in [3.8, 4) is 0 Å². The minimum Gasteiger partial charge on any atom is -0.480 e. The molecule has 3 unspecified atom stereocenters. The smallest absolute Gasteiger partial charge is 0.326 e. The van der Waals surface area contributed by atoms with Gasteiger partial charge in [0.25, 0.3) is 0 Å². The second-order valence-electron chi connectivity index (χ2n) is 7.18. The average Bonchev–Trinajstić information content (AvgIpc) is 3.25. The van der Waals surface area contributed by atoms with Crippen LogP contribution in [0.5, 0.6) is 0 Å². The summed E-state index contributed by atoms with van der Waals surface area (Å²) in [7, 11) is 1.91. The highest BCUT2D eigenvalue weighted by atomic mass is 16.4. The standard InChI is InChI=1S/C17H30N6O4/c1-22-9-3-7-13(22)15(25)23-10-4-6-12(23)14(24)21-11(16(26)27)5-2-8-20-17(18)19/h11-13H,2-10H2,1H3,(H,21,24)(H,26,27)(H4,18,19,20). The van der Waals surface area contributed by atoms with Crippen LogP contribution in [0.4, 0.5) is 0 Å². The van der Waals surface area contributed by atoms with Gasteiger partial charge in [0.05, 0.1) is 6.04 Å². The molecule has 2 amide bonds. The quantitative estimate of drug-likeness (QED) is 0.231. The monoisotopic (exact) mass is 382 g/mol. The zero-order chi connectivity index (χ0) is 20.0. The average molecular weight is 382 g/mol. The van der Waals surface area contributed by atoms with Gasteiger partial charge in [0, 0.05) is 13.1 Å². The van der Waals surface area contributed by atoms with Gasteiger partial charge in [0.15, 0.2) is 5.96 Å². The first-order valence-corrected chi connectivity index (χ1v) is 9.40. The van der Waals surface area contributed by atoms with Crippen molar-refractivity contribution in [2.45, 2.75) is 56.7 Å². The number of carbonyl (C=O) groups is 3. The van der Waals surface area contributed by atoms with Gasteiger partial charge in [-0.1, -0.05) is 0 Å². The summed E-state index contributed by atoms with van der Waals surface area (Å²) in [5.41, 5.74) is 10.5. The summed E-state index contributed by atoms with van der Waals surface area (Å²) in [6.45, 7) is 1.70. The van der Waals surface area contributed by atoms with Crippen LogP contribution in [-0.2, 0) is 14.4 Å². The number of hydrogen-bond donors (Lipinski definition) is 4. The molecule has 27 heavy (non-hydrogen) atoms. The molecule has 2 rings (SSSR count). The number of aliphatic imine (C=N–C) groups is 1. The van der Waals surface area contributed by atoms with Gasteiger partial charge in [-0.3, -0.25) is 19.5 Å². The van der Waals surface area contributed by atoms with Crippen molar-refractivity contribution in [1.29, 1.82) is 0 Å². The lowest BCUT2D eigenvalue weighted by molar-refractivity contribution is -0.145. The summed E-state index contributed by atoms with van der Waals surface area (Å²) >= 11 is 0. The number of hydrogen-bond acceptors (Lipinski definition) is 5. The van der Waals surface area contributed by atoms with E-state index in [0.29, 0.717) is 25.9 Å². The lowest BCUT2D eigenvalue weighted by atomic mass is 10.1. The van der Waals surface area contributed by atoms with Gasteiger partial charge in [0.2, 0.25) is 11.8 Å². The van der Waals surface area contributed by atoms with E-state index in [2.05, 4.69) is 10.3 Å². The summed E-state index contributed by atoms with van der Waals surface area (Å²) in [5, 5.41) is 11.9. The van der Waals surface area contributed by atoms with E-state index in [1.54, 1.807) is 4.90 Å². The van der Waals surface area contributed by atoms with Crippen LogP contribution in [0.15, 0.2) is 4.99 Å². The number of aliphatic carboxylic acids is 1. The van der Waals surface area contributed by atoms with Crippen molar-refractivity contribution in [2.75, 3.05) is 26.7 Å². The van der Waals surface area contributed by atoms with Gasteiger partial charge >= 0.3 is 5.97 Å². The molecule has 0 aromatic rings. The summed E-state index contributed by atoms with van der Waals surface area (Å²) in [6, 6.07) is -1.82. The van der Waals surface area contributed by atoms with E-state index in [0.717, 1.165) is 25.8 Å². The van der Waals surface area contributed by atoms with Crippen molar-refractivity contribution >= 4 is 23.7 Å². The van der Waals surface area contributed by atoms with Crippen LogP contribution in [0.1, 0.15) is 38.5 Å². The van der Waals surface area contributed by atoms with E-state index < -0.39 is 24.0 Å². The number of carboxylic acids is 1. The van der Waals surface area contributed by atoms with Crippen LogP contribution in [0.3, 0.4) is 0 Å². The van der Waals surface area contributed by atoms with E-state index >= 15 is 0 Å². The van der Waals surface area contributed by atoms with Gasteiger partial charge in [-0.15, -0.1) is 0 Å². The Hall–Kier alpha value is -2.36. The lowest BCUT2D eigenvalue weighted by Gasteiger charge is -2.30. The maximum absolute atomic E-state index is 12.8. The van der Waals surface area contributed by atoms with E-state index in [4.69, 9.17) is 11.5 Å². The third-order valence-corrected chi connectivity index (χ3v) is 5.20. The highest BCUT2D eigenvalue weighted by Gasteiger charge is 2.40. The normalized spacial score (nSPS) is 23.8. The predicted molar refractivity (Wildman–Crippen MR) is 99.9 cm³/mol. The number of nitrogens with zero attached hydrogens (tertiary/aromatic N) is 3. The highest BCUT2D eigenvalue weighted by molar-refractivity contribution is 5.92. The lowest BCUT2D eigenvalue weighted by Crippen LogP contribution is -2.53. The Balaban J connectivity index is 1.94. The maximum atomic E-state index is 12.8. The van der Waals surface area contributed by atoms with Gasteiger partial charge in [0.1, 0.15) is 12.1 Å². The second kappa shape index (κ2) is 9.54. The highest BCUT2D eigenvalue weighted by Crippen LogP contribution is 2.24. The summed E-state index contributed by atoms with van der Waals surface area (Å²) < 4.78 is 0. The molecule has 0 saturated carbocycles. The topological polar surface area (TPSA) is 154 Å². The van der Waals surface area contributed by atoms with E-state index in [9.17, 15) is 19.5 Å². The molecule has 2 aliphatic heterocycles. The van der Waals surface area contributed by atoms with Crippen molar-refractivity contribution < 1.29 is 19.5 Å². The van der Waals surface area contributed by atoms with E-state index in [1.165, 1.54) is 0 Å². The zero-order valence-corrected chi connectivity index (χ0v) is 15.8. The molecular formula is C17H30N6O4. The van der Waals surface area contributed by atoms with Crippen molar-refractivity contribution in [3.63, 3.8) is 0 Å². The SMILES string of the molecule is CN1CCCC1C(=O)N1CCCC1C(=O)NC(CCCN=C(N)N)C(=O)O. The van der Waals surface area contributed by atoms with Crippen LogP contribution in [-0.4, -0.2) is 83.5 Å². The molecule has 0 bridgehead atoms. The maximum Gasteiger partial charge on any atom is 0.326 e. The molecule has 10 nitrogen and oxygen atoms in total. The Morgan fingerprint density at radius 3 is 2.44 bits per heavy atom. The third kappa shape index (κ3) is 5.56. The summed E-state index contributed by atoms with van der Waals surface area (Å²) in [6.07, 6.45) is 3.69. The first-order valence-electron chi connectivity index (χ1n) is 9.40. The number of guanidine groups is 1. The predicted octanol–water partition coefficient (Wildman–Crippen LogP) is -1.31. The Bertz CT molecular complexity index is 592. The third-order valence-electron chi connectivity index (χ3n) is 5.20. The Morgan fingerprint density at radius 2 is 1.85 bits per heavy atom. The van der Waals surface area contributed by atoms with Crippen LogP contribution < -0.4 is 16.8 Å². The van der Waals surface area contributed by atoms with Crippen LogP contribution in [0.2, 0.25) is 0 Å². The number of carboxylic acid groups (broad SMARTS) is 1. The first kappa shape index (κ1) is 20.9. The molecular weight excluding hydrogens is 352 g/mol. The summed E-state index contributed by atoms with van der Waals surface area (Å²) in [4.78, 5) is 44.4. The number of nitrogens with two attached hydrogens (primary N) is 2. The molecule has 0 spiro atoms. The molecule has 0 aliphatic carbocycles. The largest absolute Gasteiger partial charge is 0.480 e. The van der Waals surface area contributed by atoms with Gasteiger partial charge < -0.3 is 26.8 Å². The molecule has 3 atom stereocenters. The number of likely N-dealkylation sites (tertiary alicyclic amines) is 2. The molecule has 152 valence electrons.